The van der Waals surface area contributed by atoms with Gasteiger partial charge < -0.3 is 10.1 Å². The van der Waals surface area contributed by atoms with E-state index in [0.29, 0.717) is 24.9 Å². The summed E-state index contributed by atoms with van der Waals surface area (Å²) in [6.45, 7) is 0.339. The Morgan fingerprint density at radius 3 is 2.67 bits per heavy atom. The van der Waals surface area contributed by atoms with E-state index in [4.69, 9.17) is 16.3 Å². The normalized spacial score (nSPS) is 18.6. The van der Waals surface area contributed by atoms with Gasteiger partial charge in [0.25, 0.3) is 0 Å². The highest BCUT2D eigenvalue weighted by atomic mass is 35.5. The Hall–Kier alpha value is -2.16. The van der Waals surface area contributed by atoms with Crippen LogP contribution in [0.25, 0.3) is 10.8 Å². The van der Waals surface area contributed by atoms with Gasteiger partial charge in [0, 0.05) is 35.9 Å². The molecule has 1 aliphatic carbocycles. The molecule has 0 saturated heterocycles. The summed E-state index contributed by atoms with van der Waals surface area (Å²) in [6, 6.07) is 5.81. The number of pyridine rings is 2. The lowest BCUT2D eigenvalue weighted by molar-refractivity contribution is -0.137. The molecule has 1 aromatic carbocycles. The second kappa shape index (κ2) is 8.91. The van der Waals surface area contributed by atoms with E-state index in [2.05, 4.69) is 15.3 Å². The number of hydrogen-bond donors (Lipinski definition) is 1. The van der Waals surface area contributed by atoms with Crippen molar-refractivity contribution in [1.29, 1.82) is 0 Å². The van der Waals surface area contributed by atoms with Crippen LogP contribution in [-0.4, -0.2) is 22.1 Å². The Labute approximate surface area is 181 Å². The first kappa shape index (κ1) is 22.5. The molecule has 2 aromatic heterocycles. The van der Waals surface area contributed by atoms with E-state index in [1.807, 2.05) is 0 Å². The van der Waals surface area contributed by atoms with Crippen LogP contribution in [0.3, 0.4) is 0 Å². The fraction of sp³-hybridized carbons (Fsp3) is 0.300. The molecule has 0 atom stereocenters. The van der Waals surface area contributed by atoms with E-state index < -0.39 is 16.9 Å². The molecule has 4 nitrogen and oxygen atoms in total. The van der Waals surface area contributed by atoms with E-state index in [-0.39, 0.29) is 36.1 Å². The Bertz CT molecular complexity index is 1040. The van der Waals surface area contributed by atoms with Gasteiger partial charge >= 0.3 is 6.18 Å². The van der Waals surface area contributed by atoms with Crippen molar-refractivity contribution in [3.63, 3.8) is 0 Å². The molecule has 1 N–H and O–H groups in total. The van der Waals surface area contributed by atoms with Crippen molar-refractivity contribution in [3.05, 3.63) is 65.0 Å². The number of nitrogens with one attached hydrogen (secondary N) is 1. The Balaban J connectivity index is 0.00000256. The standard InChI is InChI=1S/C20H16ClF4N3O.ClH/c21-19-17(20(23,24)25)7-14(9-28-19)29-13-5-12(6-13)27-10-16-15-3-4-26-8-11(15)1-2-18(16)22;/h1-4,7-9,12-13,27H,5-6,10H2;1H. The van der Waals surface area contributed by atoms with Gasteiger partial charge in [-0.1, -0.05) is 11.6 Å². The smallest absolute Gasteiger partial charge is 0.419 e. The molecule has 0 aliphatic heterocycles. The summed E-state index contributed by atoms with van der Waals surface area (Å²) >= 11 is 5.51. The van der Waals surface area contributed by atoms with Crippen LogP contribution in [0.4, 0.5) is 17.6 Å². The van der Waals surface area contributed by atoms with Crippen LogP contribution < -0.4 is 10.1 Å². The molecule has 10 heteroatoms. The van der Waals surface area contributed by atoms with Crippen LogP contribution in [0.2, 0.25) is 5.15 Å². The largest absolute Gasteiger partial charge is 0.489 e. The second-order valence-corrected chi connectivity index (χ2v) is 7.28. The molecule has 0 amide bonds. The summed E-state index contributed by atoms with van der Waals surface area (Å²) in [7, 11) is 0. The average molecular weight is 462 g/mol. The number of rotatable bonds is 5. The third kappa shape index (κ3) is 4.77. The molecule has 0 spiro atoms. The van der Waals surface area contributed by atoms with Gasteiger partial charge in [-0.3, -0.25) is 4.98 Å². The van der Waals surface area contributed by atoms with Crippen molar-refractivity contribution in [2.45, 2.75) is 37.7 Å². The van der Waals surface area contributed by atoms with Crippen molar-refractivity contribution < 1.29 is 22.3 Å². The van der Waals surface area contributed by atoms with E-state index in [1.165, 1.54) is 12.3 Å². The van der Waals surface area contributed by atoms with Crippen molar-refractivity contribution in [3.8, 4) is 5.75 Å². The summed E-state index contributed by atoms with van der Waals surface area (Å²) in [5, 5.41) is 4.32. The van der Waals surface area contributed by atoms with Crippen LogP contribution in [0.15, 0.2) is 42.9 Å². The van der Waals surface area contributed by atoms with Crippen LogP contribution in [0.1, 0.15) is 24.0 Å². The first-order valence-corrected chi connectivity index (χ1v) is 9.33. The number of alkyl halides is 3. The van der Waals surface area contributed by atoms with E-state index in [9.17, 15) is 17.6 Å². The Morgan fingerprint density at radius 1 is 1.17 bits per heavy atom. The predicted octanol–water partition coefficient (Wildman–Crippen LogP) is 5.56. The number of aromatic nitrogens is 2. The third-order valence-electron chi connectivity index (χ3n) is 4.96. The number of hydrogen-bond acceptors (Lipinski definition) is 4. The number of benzene rings is 1. The molecule has 0 radical (unpaired) electrons. The van der Waals surface area contributed by atoms with Crippen LogP contribution in [0.5, 0.6) is 5.75 Å². The zero-order valence-electron chi connectivity index (χ0n) is 15.4. The second-order valence-electron chi connectivity index (χ2n) is 6.92. The van der Waals surface area contributed by atoms with Gasteiger partial charge in [-0.25, -0.2) is 9.37 Å². The van der Waals surface area contributed by atoms with Crippen molar-refractivity contribution in [2.24, 2.45) is 0 Å². The highest BCUT2D eigenvalue weighted by Crippen LogP contribution is 2.36. The molecule has 0 bridgehead atoms. The SMILES string of the molecule is Cl.Fc1ccc2cnccc2c1CNC1CC(Oc2cnc(Cl)c(C(F)(F)F)c2)C1. The molecule has 2 heterocycles. The summed E-state index contributed by atoms with van der Waals surface area (Å²) < 4.78 is 58.5. The summed E-state index contributed by atoms with van der Waals surface area (Å²) in [5.41, 5.74) is -0.461. The van der Waals surface area contributed by atoms with Gasteiger partial charge in [-0.05, 0) is 42.5 Å². The van der Waals surface area contributed by atoms with Crippen LogP contribution in [-0.2, 0) is 12.7 Å². The number of nitrogens with zero attached hydrogens (tertiary/aromatic N) is 2. The van der Waals surface area contributed by atoms with Crippen molar-refractivity contribution in [1.82, 2.24) is 15.3 Å². The minimum atomic E-state index is -4.59. The van der Waals surface area contributed by atoms with Gasteiger partial charge in [-0.15, -0.1) is 12.4 Å². The number of halogens is 6. The lowest BCUT2D eigenvalue weighted by atomic mass is 9.89. The van der Waals surface area contributed by atoms with Gasteiger partial charge in [0.2, 0.25) is 0 Å². The zero-order valence-corrected chi connectivity index (χ0v) is 17.0. The minimum Gasteiger partial charge on any atom is -0.489 e. The lowest BCUT2D eigenvalue weighted by Crippen LogP contribution is -2.46. The van der Waals surface area contributed by atoms with Gasteiger partial charge in [-0.2, -0.15) is 13.2 Å². The van der Waals surface area contributed by atoms with Crippen molar-refractivity contribution in [2.75, 3.05) is 0 Å². The van der Waals surface area contributed by atoms with Gasteiger partial charge in [0.05, 0.1) is 11.8 Å². The molecule has 3 aromatic rings. The number of fused-ring (bicyclic) bond motifs is 1. The predicted molar refractivity (Wildman–Crippen MR) is 107 cm³/mol. The quantitative estimate of drug-likeness (QED) is 0.398. The first-order valence-electron chi connectivity index (χ1n) is 8.95. The maximum absolute atomic E-state index is 14.2. The Kier molecular flexibility index (Phi) is 6.69. The maximum Gasteiger partial charge on any atom is 0.419 e. The fourth-order valence-corrected chi connectivity index (χ4v) is 3.56. The van der Waals surface area contributed by atoms with E-state index >= 15 is 0 Å². The lowest BCUT2D eigenvalue weighted by Gasteiger charge is -2.36. The Morgan fingerprint density at radius 2 is 1.93 bits per heavy atom. The molecule has 30 heavy (non-hydrogen) atoms. The highest BCUT2D eigenvalue weighted by molar-refractivity contribution is 6.30. The maximum atomic E-state index is 14.2. The summed E-state index contributed by atoms with van der Waals surface area (Å²) in [6.07, 6.45) is 0.839. The molecule has 0 unspecified atom stereocenters. The summed E-state index contributed by atoms with van der Waals surface area (Å²) in [4.78, 5) is 7.59. The van der Waals surface area contributed by atoms with E-state index in [0.717, 1.165) is 16.8 Å². The minimum absolute atomic E-state index is 0. The highest BCUT2D eigenvalue weighted by Gasteiger charge is 2.36. The van der Waals surface area contributed by atoms with Crippen LogP contribution >= 0.6 is 24.0 Å². The molecule has 1 saturated carbocycles. The molecule has 160 valence electrons. The molecule has 1 aliphatic rings. The molecule has 4 rings (SSSR count). The fourth-order valence-electron chi connectivity index (χ4n) is 3.35. The molecule has 1 fully saturated rings. The van der Waals surface area contributed by atoms with Gasteiger partial charge in [0.1, 0.15) is 22.8 Å². The monoisotopic (exact) mass is 461 g/mol. The molecular weight excluding hydrogens is 445 g/mol. The van der Waals surface area contributed by atoms with Gasteiger partial charge in [0.15, 0.2) is 0 Å². The van der Waals surface area contributed by atoms with E-state index in [1.54, 1.807) is 24.5 Å². The van der Waals surface area contributed by atoms with Crippen molar-refractivity contribution >= 4 is 34.8 Å². The number of ether oxygens (including phenoxy) is 1. The molecular formula is C20H17Cl2F4N3O. The van der Waals surface area contributed by atoms with Crippen LogP contribution in [0, 0.1) is 5.82 Å². The third-order valence-corrected chi connectivity index (χ3v) is 5.26. The summed E-state index contributed by atoms with van der Waals surface area (Å²) in [5.74, 6) is -0.270. The average Bonchev–Trinajstić information content (AvgIpc) is 2.65. The topological polar surface area (TPSA) is 47.0 Å². The zero-order chi connectivity index (χ0) is 20.6. The first-order chi connectivity index (χ1) is 13.8.